The van der Waals surface area contributed by atoms with Gasteiger partial charge >= 0.3 is 5.91 Å². The van der Waals surface area contributed by atoms with Crippen molar-refractivity contribution < 1.29 is 28.9 Å². The van der Waals surface area contributed by atoms with Crippen LogP contribution in [0.15, 0.2) is 60.2 Å². The fraction of sp³-hybridized carbons (Fsp3) is 0.207. The standard InChI is InChI=1S/C29H23ClN2O6S/c1-14-10-17-11-16(5-8-20(17)38-14)26(33)24-25(15-4-9-21(36-2)22(12-15)37-3)32(28(35)27(24)34)29-31-19-7-6-18(30)13-23(19)39-29/h4-9,11-14,25,33H,10H2,1-3H3/t14-,25+/m1/s1. The number of ketones is 1. The number of fused-ring (bicyclic) bond motifs is 2. The summed E-state index contributed by atoms with van der Waals surface area (Å²) in [6.07, 6.45) is 0.695. The van der Waals surface area contributed by atoms with Gasteiger partial charge in [-0.2, -0.15) is 0 Å². The van der Waals surface area contributed by atoms with Gasteiger partial charge in [0.25, 0.3) is 5.78 Å². The summed E-state index contributed by atoms with van der Waals surface area (Å²) in [7, 11) is 3.03. The number of ether oxygens (including phenoxy) is 3. The molecule has 0 radical (unpaired) electrons. The molecule has 1 N–H and O–H groups in total. The van der Waals surface area contributed by atoms with Crippen LogP contribution in [-0.2, 0) is 16.0 Å². The Labute approximate surface area is 233 Å². The normalized spacial score (nSPS) is 19.8. The number of aliphatic hydroxyl groups excluding tert-OH is 1. The van der Waals surface area contributed by atoms with Gasteiger partial charge in [-0.1, -0.05) is 29.0 Å². The van der Waals surface area contributed by atoms with E-state index in [1.807, 2.05) is 6.92 Å². The molecule has 0 unspecified atom stereocenters. The van der Waals surface area contributed by atoms with Gasteiger partial charge in [0.1, 0.15) is 17.6 Å². The van der Waals surface area contributed by atoms with E-state index < -0.39 is 17.7 Å². The molecule has 8 nitrogen and oxygen atoms in total. The highest BCUT2D eigenvalue weighted by Gasteiger charge is 2.48. The van der Waals surface area contributed by atoms with E-state index in [9.17, 15) is 14.7 Å². The molecule has 10 heteroatoms. The first-order valence-corrected chi connectivity index (χ1v) is 13.4. The van der Waals surface area contributed by atoms with E-state index in [1.165, 1.54) is 30.5 Å². The quantitative estimate of drug-likeness (QED) is 0.183. The average Bonchev–Trinajstić information content (AvgIpc) is 3.59. The first-order chi connectivity index (χ1) is 18.8. The van der Waals surface area contributed by atoms with Gasteiger partial charge in [-0.25, -0.2) is 4.98 Å². The Bertz CT molecular complexity index is 1700. The molecular formula is C29H23ClN2O6S. The molecule has 4 aromatic rings. The number of rotatable bonds is 5. The van der Waals surface area contributed by atoms with Crippen LogP contribution in [0.25, 0.3) is 16.0 Å². The molecule has 0 saturated carbocycles. The molecule has 3 aromatic carbocycles. The summed E-state index contributed by atoms with van der Waals surface area (Å²) < 4.78 is 17.4. The highest BCUT2D eigenvalue weighted by Crippen LogP contribution is 2.46. The molecule has 6 rings (SSSR count). The van der Waals surface area contributed by atoms with Gasteiger partial charge in [0.05, 0.1) is 36.1 Å². The minimum Gasteiger partial charge on any atom is -0.507 e. The number of methoxy groups -OCH3 is 2. The Morgan fingerprint density at radius 3 is 2.64 bits per heavy atom. The van der Waals surface area contributed by atoms with Crippen LogP contribution >= 0.6 is 22.9 Å². The lowest BCUT2D eigenvalue weighted by molar-refractivity contribution is -0.132. The number of hydrogen-bond donors (Lipinski definition) is 1. The molecule has 1 saturated heterocycles. The van der Waals surface area contributed by atoms with E-state index in [-0.39, 0.29) is 17.4 Å². The first-order valence-electron chi connectivity index (χ1n) is 12.2. The molecule has 198 valence electrons. The van der Waals surface area contributed by atoms with E-state index in [0.29, 0.717) is 44.7 Å². The van der Waals surface area contributed by atoms with Crippen molar-refractivity contribution in [3.8, 4) is 17.2 Å². The smallest absolute Gasteiger partial charge is 0.301 e. The Morgan fingerprint density at radius 1 is 1.08 bits per heavy atom. The van der Waals surface area contributed by atoms with E-state index in [0.717, 1.165) is 16.0 Å². The Kier molecular flexibility index (Phi) is 6.20. The monoisotopic (exact) mass is 562 g/mol. The third-order valence-electron chi connectivity index (χ3n) is 6.88. The van der Waals surface area contributed by atoms with E-state index >= 15 is 0 Å². The number of anilines is 1. The van der Waals surface area contributed by atoms with Crippen LogP contribution in [0.5, 0.6) is 17.2 Å². The Balaban J connectivity index is 1.55. The lowest BCUT2D eigenvalue weighted by Gasteiger charge is -2.23. The molecule has 0 bridgehead atoms. The number of thiazole rings is 1. The number of aromatic nitrogens is 1. The molecule has 1 aromatic heterocycles. The van der Waals surface area contributed by atoms with Crippen LogP contribution in [0.4, 0.5) is 5.13 Å². The zero-order valence-corrected chi connectivity index (χ0v) is 22.8. The van der Waals surface area contributed by atoms with Crippen molar-refractivity contribution in [3.05, 3.63) is 81.9 Å². The number of Topliss-reactive ketones (excluding diaryl/α,β-unsaturated/α-hetero) is 1. The van der Waals surface area contributed by atoms with Gasteiger partial charge in [-0.15, -0.1) is 0 Å². The van der Waals surface area contributed by atoms with Crippen molar-refractivity contribution in [2.24, 2.45) is 0 Å². The summed E-state index contributed by atoms with van der Waals surface area (Å²) in [5.41, 5.74) is 2.48. The molecule has 2 aliphatic heterocycles. The summed E-state index contributed by atoms with van der Waals surface area (Å²) in [6, 6.07) is 14.6. The van der Waals surface area contributed by atoms with Crippen molar-refractivity contribution in [2.45, 2.75) is 25.5 Å². The minimum absolute atomic E-state index is 0.0160. The number of amides is 1. The highest BCUT2D eigenvalue weighted by atomic mass is 35.5. The van der Waals surface area contributed by atoms with Crippen LogP contribution in [-0.4, -0.2) is 42.1 Å². The fourth-order valence-electron chi connectivity index (χ4n) is 5.08. The van der Waals surface area contributed by atoms with E-state index in [2.05, 4.69) is 4.98 Å². The molecule has 1 amide bonds. The number of aliphatic hydroxyl groups is 1. The zero-order chi connectivity index (χ0) is 27.4. The molecule has 2 atom stereocenters. The van der Waals surface area contributed by atoms with Gasteiger partial charge in [-0.3, -0.25) is 14.5 Å². The second-order valence-electron chi connectivity index (χ2n) is 9.35. The van der Waals surface area contributed by atoms with Crippen molar-refractivity contribution in [1.82, 2.24) is 4.98 Å². The number of hydrogen-bond acceptors (Lipinski definition) is 8. The van der Waals surface area contributed by atoms with Gasteiger partial charge < -0.3 is 19.3 Å². The molecule has 0 aliphatic carbocycles. The number of carbonyl (C=O) groups is 2. The van der Waals surface area contributed by atoms with Gasteiger partial charge in [0.15, 0.2) is 16.6 Å². The third kappa shape index (κ3) is 4.18. The van der Waals surface area contributed by atoms with Crippen LogP contribution in [0.2, 0.25) is 5.02 Å². The summed E-state index contributed by atoms with van der Waals surface area (Å²) in [5, 5.41) is 12.4. The van der Waals surface area contributed by atoms with Crippen LogP contribution in [0.3, 0.4) is 0 Å². The maximum atomic E-state index is 13.6. The predicted octanol–water partition coefficient (Wildman–Crippen LogP) is 5.92. The lowest BCUT2D eigenvalue weighted by atomic mass is 9.94. The molecule has 0 spiro atoms. The number of carbonyl (C=O) groups excluding carboxylic acids is 2. The van der Waals surface area contributed by atoms with Gasteiger partial charge in [-0.05, 0) is 66.6 Å². The second-order valence-corrected chi connectivity index (χ2v) is 10.8. The van der Waals surface area contributed by atoms with Crippen molar-refractivity contribution in [1.29, 1.82) is 0 Å². The fourth-order valence-corrected chi connectivity index (χ4v) is 6.35. The summed E-state index contributed by atoms with van der Waals surface area (Å²) >= 11 is 7.41. The average molecular weight is 563 g/mol. The maximum absolute atomic E-state index is 13.6. The summed E-state index contributed by atoms with van der Waals surface area (Å²) in [6.45, 7) is 1.97. The molecule has 1 fully saturated rings. The molecule has 2 aliphatic rings. The first kappa shape index (κ1) is 25.2. The van der Waals surface area contributed by atoms with Crippen molar-refractivity contribution in [2.75, 3.05) is 19.1 Å². The highest BCUT2D eigenvalue weighted by molar-refractivity contribution is 7.22. The van der Waals surface area contributed by atoms with Gasteiger partial charge in [0.2, 0.25) is 0 Å². The Morgan fingerprint density at radius 2 is 1.87 bits per heavy atom. The molecule has 3 heterocycles. The van der Waals surface area contributed by atoms with Crippen molar-refractivity contribution >= 4 is 55.7 Å². The third-order valence-corrected chi connectivity index (χ3v) is 8.14. The SMILES string of the molecule is COc1ccc([C@H]2C(=C(O)c3ccc4c(c3)C[C@@H](C)O4)C(=O)C(=O)N2c2nc3ccc(Cl)cc3s2)cc1OC. The van der Waals surface area contributed by atoms with Gasteiger partial charge in [0, 0.05) is 17.0 Å². The summed E-state index contributed by atoms with van der Waals surface area (Å²) in [5.74, 6) is -0.235. The van der Waals surface area contributed by atoms with Crippen LogP contribution < -0.4 is 19.1 Å². The minimum atomic E-state index is -0.968. The zero-order valence-electron chi connectivity index (χ0n) is 21.2. The largest absolute Gasteiger partial charge is 0.507 e. The van der Waals surface area contributed by atoms with E-state index in [1.54, 1.807) is 54.6 Å². The summed E-state index contributed by atoms with van der Waals surface area (Å²) in [4.78, 5) is 33.1. The molecule has 39 heavy (non-hydrogen) atoms. The number of benzene rings is 3. The molecular weight excluding hydrogens is 540 g/mol. The van der Waals surface area contributed by atoms with E-state index in [4.69, 9.17) is 25.8 Å². The lowest BCUT2D eigenvalue weighted by Crippen LogP contribution is -2.29. The maximum Gasteiger partial charge on any atom is 0.301 e. The Hall–Kier alpha value is -4.08. The van der Waals surface area contributed by atoms with Crippen LogP contribution in [0, 0.1) is 0 Å². The number of nitrogens with zero attached hydrogens (tertiary/aromatic N) is 2. The second kappa shape index (κ2) is 9.59. The predicted molar refractivity (Wildman–Crippen MR) is 149 cm³/mol. The number of halogens is 1. The topological polar surface area (TPSA) is 98.2 Å². The van der Waals surface area contributed by atoms with Crippen LogP contribution in [0.1, 0.15) is 29.7 Å². The van der Waals surface area contributed by atoms with Crippen molar-refractivity contribution in [3.63, 3.8) is 0 Å².